The maximum atomic E-state index is 12.6. The number of hydrogen-bond acceptors (Lipinski definition) is 4. The molecule has 1 N–H and O–H groups in total. The minimum Gasteiger partial charge on any atom is -0.491 e. The number of fused-ring (bicyclic) bond motifs is 1. The maximum Gasteiger partial charge on any atom is 0.247 e. The van der Waals surface area contributed by atoms with E-state index >= 15 is 0 Å². The van der Waals surface area contributed by atoms with Crippen LogP contribution in [0.2, 0.25) is 0 Å². The van der Waals surface area contributed by atoms with Crippen molar-refractivity contribution in [2.24, 2.45) is 5.92 Å². The Kier molecular flexibility index (Phi) is 3.88. The summed E-state index contributed by atoms with van der Waals surface area (Å²) in [5, 5.41) is 2.75. The Morgan fingerprint density at radius 1 is 1.35 bits per heavy atom. The van der Waals surface area contributed by atoms with Crippen molar-refractivity contribution in [3.05, 3.63) is 24.3 Å². The molecule has 3 rings (SSSR count). The molecule has 0 radical (unpaired) electrons. The summed E-state index contributed by atoms with van der Waals surface area (Å²) in [4.78, 5) is 12.6. The molecule has 6 nitrogen and oxygen atoms in total. The van der Waals surface area contributed by atoms with E-state index in [0.717, 1.165) is 6.42 Å². The van der Waals surface area contributed by atoms with Crippen LogP contribution in [0, 0.1) is 5.92 Å². The molecule has 7 heteroatoms. The van der Waals surface area contributed by atoms with Crippen molar-refractivity contribution in [2.75, 3.05) is 18.9 Å². The molecule has 2 fully saturated rings. The Labute approximate surface area is 136 Å². The lowest BCUT2D eigenvalue weighted by molar-refractivity contribution is -0.117. The number of nitrogens with one attached hydrogen (secondary N) is 1. The van der Waals surface area contributed by atoms with E-state index in [1.807, 2.05) is 13.8 Å². The highest BCUT2D eigenvalue weighted by Crippen LogP contribution is 2.56. The molecule has 2 aliphatic rings. The van der Waals surface area contributed by atoms with E-state index in [-0.39, 0.29) is 12.0 Å². The van der Waals surface area contributed by atoms with E-state index < -0.39 is 20.7 Å². The number of carbonyl (C=O) groups is 1. The predicted molar refractivity (Wildman–Crippen MR) is 87.8 cm³/mol. The van der Waals surface area contributed by atoms with Crippen molar-refractivity contribution in [1.29, 1.82) is 0 Å². The highest BCUT2D eigenvalue weighted by Gasteiger charge is 2.71. The van der Waals surface area contributed by atoms with E-state index in [2.05, 4.69) is 5.32 Å². The Morgan fingerprint density at radius 3 is 2.61 bits per heavy atom. The minimum absolute atomic E-state index is 0.0627. The number of anilines is 1. The van der Waals surface area contributed by atoms with Crippen LogP contribution in [0.3, 0.4) is 0 Å². The van der Waals surface area contributed by atoms with Gasteiger partial charge in [-0.05, 0) is 56.9 Å². The Morgan fingerprint density at radius 2 is 2.00 bits per heavy atom. The van der Waals surface area contributed by atoms with Crippen LogP contribution in [-0.4, -0.2) is 43.1 Å². The van der Waals surface area contributed by atoms with Crippen LogP contribution in [0.4, 0.5) is 5.69 Å². The molecule has 0 aromatic heterocycles. The van der Waals surface area contributed by atoms with Gasteiger partial charge in [0.25, 0.3) is 0 Å². The van der Waals surface area contributed by atoms with Crippen molar-refractivity contribution >= 4 is 21.6 Å². The summed E-state index contributed by atoms with van der Waals surface area (Å²) in [5.41, 5.74) is 0.578. The Balaban J connectivity index is 1.75. The first-order chi connectivity index (χ1) is 10.8. The highest BCUT2D eigenvalue weighted by molar-refractivity contribution is 7.91. The topological polar surface area (TPSA) is 75.7 Å². The fourth-order valence-electron chi connectivity index (χ4n) is 3.22. The Bertz CT molecular complexity index is 714. The highest BCUT2D eigenvalue weighted by atomic mass is 32.2. The monoisotopic (exact) mass is 338 g/mol. The van der Waals surface area contributed by atoms with Crippen LogP contribution < -0.4 is 10.1 Å². The van der Waals surface area contributed by atoms with Gasteiger partial charge in [-0.3, -0.25) is 4.79 Å². The SMILES string of the molecule is CC(C)Oc1ccc(NC(=O)[C@@]23C[C@H]2CCN(C)S3(=O)=O)cc1. The van der Waals surface area contributed by atoms with Gasteiger partial charge < -0.3 is 10.1 Å². The summed E-state index contributed by atoms with van der Waals surface area (Å²) in [6, 6.07) is 6.98. The van der Waals surface area contributed by atoms with Gasteiger partial charge in [0, 0.05) is 19.3 Å². The third kappa shape index (κ3) is 2.61. The second-order valence-corrected chi connectivity index (χ2v) is 8.85. The summed E-state index contributed by atoms with van der Waals surface area (Å²) in [6.07, 6.45) is 1.23. The van der Waals surface area contributed by atoms with Gasteiger partial charge in [-0.1, -0.05) is 0 Å². The molecule has 0 unspecified atom stereocenters. The Hall–Kier alpha value is -1.60. The molecule has 1 saturated heterocycles. The number of ether oxygens (including phenoxy) is 1. The summed E-state index contributed by atoms with van der Waals surface area (Å²) in [6.45, 7) is 4.36. The molecular weight excluding hydrogens is 316 g/mol. The van der Waals surface area contributed by atoms with E-state index in [9.17, 15) is 13.2 Å². The quantitative estimate of drug-likeness (QED) is 0.909. The smallest absolute Gasteiger partial charge is 0.247 e. The van der Waals surface area contributed by atoms with Crippen molar-refractivity contribution in [3.8, 4) is 5.75 Å². The molecule has 1 aliphatic carbocycles. The van der Waals surface area contributed by atoms with Crippen molar-refractivity contribution in [3.63, 3.8) is 0 Å². The third-order valence-electron chi connectivity index (χ3n) is 4.58. The molecule has 126 valence electrons. The zero-order valence-electron chi connectivity index (χ0n) is 13.6. The first-order valence-corrected chi connectivity index (χ1v) is 9.25. The largest absolute Gasteiger partial charge is 0.491 e. The van der Waals surface area contributed by atoms with Gasteiger partial charge in [-0.2, -0.15) is 0 Å². The normalized spacial score (nSPS) is 29.0. The van der Waals surface area contributed by atoms with Crippen LogP contribution in [0.5, 0.6) is 5.75 Å². The van der Waals surface area contributed by atoms with Gasteiger partial charge in [-0.15, -0.1) is 0 Å². The lowest BCUT2D eigenvalue weighted by Crippen LogP contribution is -2.50. The summed E-state index contributed by atoms with van der Waals surface area (Å²) >= 11 is 0. The average molecular weight is 338 g/mol. The van der Waals surface area contributed by atoms with E-state index in [0.29, 0.717) is 24.4 Å². The van der Waals surface area contributed by atoms with Gasteiger partial charge in [0.15, 0.2) is 4.75 Å². The molecule has 0 spiro atoms. The summed E-state index contributed by atoms with van der Waals surface area (Å²) in [5.74, 6) is 0.226. The number of benzene rings is 1. The maximum absolute atomic E-state index is 12.6. The van der Waals surface area contributed by atoms with Crippen molar-refractivity contribution < 1.29 is 17.9 Å². The minimum atomic E-state index is -3.57. The lowest BCUT2D eigenvalue weighted by Gasteiger charge is -2.28. The van der Waals surface area contributed by atoms with Gasteiger partial charge in [0.2, 0.25) is 15.9 Å². The number of carbonyl (C=O) groups excluding carboxylic acids is 1. The number of nitrogens with zero attached hydrogens (tertiary/aromatic N) is 1. The van der Waals surface area contributed by atoms with Crippen LogP contribution in [0.15, 0.2) is 24.3 Å². The fraction of sp³-hybridized carbons (Fsp3) is 0.562. The number of rotatable bonds is 4. The molecule has 0 bridgehead atoms. The second-order valence-electron chi connectivity index (χ2n) is 6.55. The van der Waals surface area contributed by atoms with E-state index in [1.54, 1.807) is 24.3 Å². The number of sulfonamides is 1. The van der Waals surface area contributed by atoms with Crippen LogP contribution in [-0.2, 0) is 14.8 Å². The van der Waals surface area contributed by atoms with Crippen molar-refractivity contribution in [2.45, 2.75) is 37.5 Å². The van der Waals surface area contributed by atoms with Crippen LogP contribution in [0.25, 0.3) is 0 Å². The molecule has 23 heavy (non-hydrogen) atoms. The molecule has 1 saturated carbocycles. The van der Waals surface area contributed by atoms with Crippen LogP contribution >= 0.6 is 0 Å². The zero-order chi connectivity index (χ0) is 16.8. The van der Waals surface area contributed by atoms with Crippen LogP contribution in [0.1, 0.15) is 26.7 Å². The fourth-order valence-corrected chi connectivity index (χ4v) is 5.35. The zero-order valence-corrected chi connectivity index (χ0v) is 14.4. The molecule has 1 aromatic carbocycles. The first-order valence-electron chi connectivity index (χ1n) is 7.81. The van der Waals surface area contributed by atoms with Gasteiger partial charge >= 0.3 is 0 Å². The average Bonchev–Trinajstić information content (AvgIpc) is 3.22. The third-order valence-corrected chi connectivity index (χ3v) is 7.19. The molecule has 1 aliphatic heterocycles. The molecule has 2 atom stereocenters. The van der Waals surface area contributed by atoms with E-state index in [1.165, 1.54) is 11.4 Å². The van der Waals surface area contributed by atoms with Crippen molar-refractivity contribution in [1.82, 2.24) is 4.31 Å². The number of amides is 1. The predicted octanol–water partition coefficient (Wildman–Crippen LogP) is 1.84. The number of hydrogen-bond donors (Lipinski definition) is 1. The summed E-state index contributed by atoms with van der Waals surface area (Å²) in [7, 11) is -2.04. The molecular formula is C16H22N2O4S. The van der Waals surface area contributed by atoms with Gasteiger partial charge in [0.1, 0.15) is 5.75 Å². The summed E-state index contributed by atoms with van der Waals surface area (Å²) < 4.78 is 30.6. The standard InChI is InChI=1S/C16H22N2O4S/c1-11(2)22-14-6-4-13(5-7-14)17-15(19)16-10-12(16)8-9-18(3)23(16,20)21/h4-7,11-12H,8-10H2,1-3H3,(H,17,19)/t12-,16-/m1/s1. The molecule has 1 aromatic rings. The van der Waals surface area contributed by atoms with Gasteiger partial charge in [-0.25, -0.2) is 12.7 Å². The second kappa shape index (κ2) is 5.49. The van der Waals surface area contributed by atoms with E-state index in [4.69, 9.17) is 4.74 Å². The lowest BCUT2D eigenvalue weighted by atomic mass is 10.2. The first kappa shape index (κ1) is 16.3. The molecule has 1 heterocycles. The molecule has 1 amide bonds. The van der Waals surface area contributed by atoms with Gasteiger partial charge in [0.05, 0.1) is 6.10 Å².